The predicted molar refractivity (Wildman–Crippen MR) is 71.9 cm³/mol. The van der Waals surface area contributed by atoms with Gasteiger partial charge in [-0.2, -0.15) is 0 Å². The quantitative estimate of drug-likeness (QED) is 0.827. The summed E-state index contributed by atoms with van der Waals surface area (Å²) in [7, 11) is 0. The largest absolute Gasteiger partial charge is 0.353 e. The summed E-state index contributed by atoms with van der Waals surface area (Å²) in [6, 6.07) is 3.81. The van der Waals surface area contributed by atoms with Crippen LogP contribution in [0.3, 0.4) is 0 Å². The zero-order chi connectivity index (χ0) is 12.7. The number of nitrogens with zero attached hydrogens (tertiary/aromatic N) is 1. The van der Waals surface area contributed by atoms with Crippen LogP contribution in [0.25, 0.3) is 0 Å². The van der Waals surface area contributed by atoms with E-state index in [4.69, 9.17) is 0 Å². The highest BCUT2D eigenvalue weighted by Crippen LogP contribution is 2.37. The third kappa shape index (κ3) is 1.67. The van der Waals surface area contributed by atoms with Gasteiger partial charge in [-0.3, -0.25) is 9.78 Å². The number of hydrogen-bond donors (Lipinski definition) is 2. The summed E-state index contributed by atoms with van der Waals surface area (Å²) >= 11 is 1.63. The summed E-state index contributed by atoms with van der Waals surface area (Å²) in [5, 5.41) is 7.26. The molecule has 1 aliphatic rings. The van der Waals surface area contributed by atoms with E-state index < -0.39 is 0 Å². The molecular weight excluding hydrogens is 246 g/mol. The van der Waals surface area contributed by atoms with Gasteiger partial charge in [-0.05, 0) is 25.5 Å². The molecule has 1 amide bonds. The fourth-order valence-electron chi connectivity index (χ4n) is 2.09. The Balaban J connectivity index is 2.00. The van der Waals surface area contributed by atoms with Crippen LogP contribution in [0.5, 0.6) is 0 Å². The molecule has 0 saturated carbocycles. The summed E-state index contributed by atoms with van der Waals surface area (Å²) in [6.45, 7) is 4.02. The van der Waals surface area contributed by atoms with Crippen molar-refractivity contribution < 1.29 is 4.79 Å². The van der Waals surface area contributed by atoms with Crippen molar-refractivity contribution in [3.63, 3.8) is 0 Å². The molecule has 0 bridgehead atoms. The van der Waals surface area contributed by atoms with Crippen LogP contribution in [0, 0.1) is 13.8 Å². The van der Waals surface area contributed by atoms with Gasteiger partial charge in [0.1, 0.15) is 11.2 Å². The normalized spacial score (nSPS) is 17.9. The SMILES string of the molecule is Cc1sc2c(c1C)C(=O)N[C@H](c1cccnc1)N2. The minimum atomic E-state index is -0.198. The Labute approximate surface area is 109 Å². The van der Waals surface area contributed by atoms with Crippen LogP contribution in [-0.2, 0) is 0 Å². The standard InChI is InChI=1S/C13H13N3OS/c1-7-8(2)18-13-10(7)12(17)15-11(16-13)9-4-3-5-14-6-9/h3-6,11,16H,1-2H3,(H,15,17)/t11-/m0/s1. The smallest absolute Gasteiger partial charge is 0.256 e. The van der Waals surface area contributed by atoms with Crippen LogP contribution in [-0.4, -0.2) is 10.9 Å². The Bertz CT molecular complexity index is 606. The summed E-state index contributed by atoms with van der Waals surface area (Å²) < 4.78 is 0. The van der Waals surface area contributed by atoms with Crippen molar-refractivity contribution in [2.24, 2.45) is 0 Å². The maximum Gasteiger partial charge on any atom is 0.256 e. The van der Waals surface area contributed by atoms with Gasteiger partial charge in [0.15, 0.2) is 0 Å². The van der Waals surface area contributed by atoms with Crippen molar-refractivity contribution in [1.82, 2.24) is 10.3 Å². The fraction of sp³-hybridized carbons (Fsp3) is 0.231. The van der Waals surface area contributed by atoms with E-state index in [2.05, 4.69) is 15.6 Å². The monoisotopic (exact) mass is 259 g/mol. The van der Waals surface area contributed by atoms with Gasteiger partial charge < -0.3 is 10.6 Å². The maximum absolute atomic E-state index is 12.1. The molecule has 3 rings (SSSR count). The minimum absolute atomic E-state index is 0.0144. The van der Waals surface area contributed by atoms with Crippen molar-refractivity contribution in [2.45, 2.75) is 20.0 Å². The van der Waals surface area contributed by atoms with E-state index in [0.29, 0.717) is 0 Å². The highest BCUT2D eigenvalue weighted by Gasteiger charge is 2.28. The highest BCUT2D eigenvalue weighted by molar-refractivity contribution is 7.16. The van der Waals surface area contributed by atoms with Gasteiger partial charge in [0.2, 0.25) is 0 Å². The van der Waals surface area contributed by atoms with E-state index in [1.807, 2.05) is 26.0 Å². The van der Waals surface area contributed by atoms with Gasteiger partial charge in [-0.1, -0.05) is 6.07 Å². The van der Waals surface area contributed by atoms with Crippen molar-refractivity contribution >= 4 is 22.2 Å². The third-order valence-electron chi connectivity index (χ3n) is 3.18. The van der Waals surface area contributed by atoms with Gasteiger partial charge in [0.05, 0.1) is 5.56 Å². The maximum atomic E-state index is 12.1. The Morgan fingerprint density at radius 2 is 2.17 bits per heavy atom. The molecule has 2 N–H and O–H groups in total. The molecule has 4 nitrogen and oxygen atoms in total. The average Bonchev–Trinajstić information content (AvgIpc) is 2.66. The number of hydrogen-bond acceptors (Lipinski definition) is 4. The Hall–Kier alpha value is -1.88. The van der Waals surface area contributed by atoms with Gasteiger partial charge in [-0.25, -0.2) is 0 Å². The van der Waals surface area contributed by atoms with Gasteiger partial charge in [-0.15, -0.1) is 11.3 Å². The molecule has 0 aromatic carbocycles. The van der Waals surface area contributed by atoms with Crippen LogP contribution >= 0.6 is 11.3 Å². The molecule has 5 heteroatoms. The number of fused-ring (bicyclic) bond motifs is 1. The molecule has 0 spiro atoms. The molecular formula is C13H13N3OS. The molecule has 18 heavy (non-hydrogen) atoms. The molecule has 0 unspecified atom stereocenters. The first-order valence-electron chi connectivity index (χ1n) is 5.74. The lowest BCUT2D eigenvalue weighted by Gasteiger charge is -2.26. The zero-order valence-corrected chi connectivity index (χ0v) is 11.0. The highest BCUT2D eigenvalue weighted by atomic mass is 32.1. The van der Waals surface area contributed by atoms with E-state index in [9.17, 15) is 4.79 Å². The summed E-state index contributed by atoms with van der Waals surface area (Å²) in [4.78, 5) is 17.4. The minimum Gasteiger partial charge on any atom is -0.353 e. The molecule has 3 heterocycles. The number of aryl methyl sites for hydroxylation is 1. The van der Waals surface area contributed by atoms with Gasteiger partial charge in [0.25, 0.3) is 5.91 Å². The number of carbonyl (C=O) groups is 1. The van der Waals surface area contributed by atoms with Crippen LogP contribution in [0.4, 0.5) is 5.00 Å². The number of carbonyl (C=O) groups excluding carboxylic acids is 1. The van der Waals surface area contributed by atoms with Crippen LogP contribution in [0.2, 0.25) is 0 Å². The van der Waals surface area contributed by atoms with Gasteiger partial charge in [0, 0.05) is 22.8 Å². The van der Waals surface area contributed by atoms with Crippen molar-refractivity contribution in [3.05, 3.63) is 46.1 Å². The Morgan fingerprint density at radius 1 is 1.33 bits per heavy atom. The van der Waals surface area contributed by atoms with E-state index >= 15 is 0 Å². The van der Waals surface area contributed by atoms with Crippen LogP contribution < -0.4 is 10.6 Å². The molecule has 2 aromatic rings. The lowest BCUT2D eigenvalue weighted by Crippen LogP contribution is -2.38. The number of anilines is 1. The number of pyridine rings is 1. The molecule has 1 atom stereocenters. The van der Waals surface area contributed by atoms with Crippen LogP contribution in [0.15, 0.2) is 24.5 Å². The second-order valence-corrected chi connectivity index (χ2v) is 5.55. The number of aromatic nitrogens is 1. The van der Waals surface area contributed by atoms with Crippen molar-refractivity contribution in [1.29, 1.82) is 0 Å². The number of amides is 1. The first-order valence-corrected chi connectivity index (χ1v) is 6.56. The summed E-state index contributed by atoms with van der Waals surface area (Å²) in [5.41, 5.74) is 2.79. The average molecular weight is 259 g/mol. The molecule has 2 aromatic heterocycles. The first kappa shape index (κ1) is 11.2. The second-order valence-electron chi connectivity index (χ2n) is 4.32. The molecule has 92 valence electrons. The number of nitrogens with one attached hydrogen (secondary N) is 2. The second kappa shape index (κ2) is 4.10. The van der Waals surface area contributed by atoms with E-state index in [-0.39, 0.29) is 12.1 Å². The molecule has 0 radical (unpaired) electrons. The van der Waals surface area contributed by atoms with Crippen molar-refractivity contribution in [3.8, 4) is 0 Å². The lowest BCUT2D eigenvalue weighted by atomic mass is 10.1. The number of thiophene rings is 1. The molecule has 0 aliphatic carbocycles. The molecule has 0 saturated heterocycles. The van der Waals surface area contributed by atoms with E-state index in [1.54, 1.807) is 23.7 Å². The van der Waals surface area contributed by atoms with E-state index in [1.165, 1.54) is 4.88 Å². The number of rotatable bonds is 1. The van der Waals surface area contributed by atoms with Gasteiger partial charge >= 0.3 is 0 Å². The molecule has 1 aliphatic heterocycles. The topological polar surface area (TPSA) is 54.0 Å². The zero-order valence-electron chi connectivity index (χ0n) is 10.2. The van der Waals surface area contributed by atoms with Crippen LogP contribution in [0.1, 0.15) is 32.5 Å². The Morgan fingerprint density at radius 3 is 2.89 bits per heavy atom. The summed E-state index contributed by atoms with van der Waals surface area (Å²) in [6.07, 6.45) is 3.28. The van der Waals surface area contributed by atoms with Crippen molar-refractivity contribution in [2.75, 3.05) is 5.32 Å². The predicted octanol–water partition coefficient (Wildman–Crippen LogP) is 2.61. The fourth-order valence-corrected chi connectivity index (χ4v) is 3.17. The summed E-state index contributed by atoms with van der Waals surface area (Å²) in [5.74, 6) is -0.0144. The molecule has 0 fully saturated rings. The first-order chi connectivity index (χ1) is 8.66. The third-order valence-corrected chi connectivity index (χ3v) is 4.32. The lowest BCUT2D eigenvalue weighted by molar-refractivity contribution is 0.0935. The van der Waals surface area contributed by atoms with E-state index in [0.717, 1.165) is 21.7 Å². The Kier molecular flexibility index (Phi) is 2.56.